The zero-order valence-electron chi connectivity index (χ0n) is 13.2. The number of aryl methyl sites for hydroxylation is 1. The number of nitrogens with zero attached hydrogens (tertiary/aromatic N) is 4. The van der Waals surface area contributed by atoms with Gasteiger partial charge in [-0.15, -0.1) is 5.10 Å². The lowest BCUT2D eigenvalue weighted by Gasteiger charge is -2.26. The van der Waals surface area contributed by atoms with Gasteiger partial charge < -0.3 is 10.2 Å². The van der Waals surface area contributed by atoms with Crippen molar-refractivity contribution in [2.75, 3.05) is 20.2 Å². The van der Waals surface area contributed by atoms with Crippen molar-refractivity contribution in [3.8, 4) is 5.88 Å². The molecule has 0 aliphatic rings. The SMILES string of the molecule is CCc1nc2sc(C(c3ccccc3)N(C)CCO)c(O)n2n1. The smallest absolute Gasteiger partial charge is 0.230 e. The van der Waals surface area contributed by atoms with E-state index in [1.807, 2.05) is 49.2 Å². The van der Waals surface area contributed by atoms with Crippen molar-refractivity contribution >= 4 is 16.3 Å². The van der Waals surface area contributed by atoms with Crippen LogP contribution in [0.1, 0.15) is 29.2 Å². The molecule has 122 valence electrons. The summed E-state index contributed by atoms with van der Waals surface area (Å²) < 4.78 is 1.50. The first-order chi connectivity index (χ1) is 11.2. The summed E-state index contributed by atoms with van der Waals surface area (Å²) in [5, 5.41) is 24.2. The van der Waals surface area contributed by atoms with Crippen LogP contribution in [-0.2, 0) is 6.42 Å². The van der Waals surface area contributed by atoms with Crippen molar-refractivity contribution in [3.63, 3.8) is 0 Å². The van der Waals surface area contributed by atoms with Crippen LogP contribution in [0, 0.1) is 0 Å². The van der Waals surface area contributed by atoms with E-state index in [-0.39, 0.29) is 18.5 Å². The summed E-state index contributed by atoms with van der Waals surface area (Å²) in [6.07, 6.45) is 0.732. The minimum atomic E-state index is -0.151. The molecule has 3 aromatic rings. The van der Waals surface area contributed by atoms with Crippen molar-refractivity contribution < 1.29 is 10.2 Å². The van der Waals surface area contributed by atoms with Gasteiger partial charge in [-0.3, -0.25) is 4.90 Å². The number of fused-ring (bicyclic) bond motifs is 1. The molecule has 0 amide bonds. The zero-order valence-corrected chi connectivity index (χ0v) is 14.0. The van der Waals surface area contributed by atoms with Crippen LogP contribution in [-0.4, -0.2) is 49.9 Å². The highest BCUT2D eigenvalue weighted by molar-refractivity contribution is 7.17. The van der Waals surface area contributed by atoms with Gasteiger partial charge in [0.15, 0.2) is 5.82 Å². The predicted octanol–water partition coefficient (Wildman–Crippen LogP) is 2.07. The van der Waals surface area contributed by atoms with Gasteiger partial charge in [0.2, 0.25) is 10.8 Å². The van der Waals surface area contributed by atoms with Crippen LogP contribution >= 0.6 is 11.3 Å². The number of thiazole rings is 1. The number of benzene rings is 1. The molecule has 2 aromatic heterocycles. The summed E-state index contributed by atoms with van der Waals surface area (Å²) in [6, 6.07) is 9.79. The Balaban J connectivity index is 2.09. The molecular formula is C16H20N4O2S. The number of aromatic hydroxyl groups is 1. The van der Waals surface area contributed by atoms with Gasteiger partial charge in [-0.25, -0.2) is 4.98 Å². The second kappa shape index (κ2) is 6.66. The van der Waals surface area contributed by atoms with E-state index in [0.29, 0.717) is 11.5 Å². The van der Waals surface area contributed by atoms with Crippen molar-refractivity contribution in [2.45, 2.75) is 19.4 Å². The van der Waals surface area contributed by atoms with Gasteiger partial charge in [0.1, 0.15) is 0 Å². The maximum Gasteiger partial charge on any atom is 0.230 e. The highest BCUT2D eigenvalue weighted by Crippen LogP contribution is 2.39. The third-order valence-corrected chi connectivity index (χ3v) is 4.89. The number of hydrogen-bond donors (Lipinski definition) is 2. The summed E-state index contributed by atoms with van der Waals surface area (Å²) in [7, 11) is 1.93. The van der Waals surface area contributed by atoms with Crippen LogP contribution in [0.25, 0.3) is 4.96 Å². The van der Waals surface area contributed by atoms with Gasteiger partial charge in [0, 0.05) is 13.0 Å². The fraction of sp³-hybridized carbons (Fsp3) is 0.375. The Kier molecular flexibility index (Phi) is 4.61. The Bertz CT molecular complexity index is 784. The molecule has 2 N–H and O–H groups in total. The summed E-state index contributed by atoms with van der Waals surface area (Å²) in [5.41, 5.74) is 1.05. The molecule has 0 saturated heterocycles. The third kappa shape index (κ3) is 2.95. The zero-order chi connectivity index (χ0) is 16.4. The summed E-state index contributed by atoms with van der Waals surface area (Å²) in [6.45, 7) is 2.55. The maximum atomic E-state index is 10.6. The molecule has 0 fully saturated rings. The fourth-order valence-electron chi connectivity index (χ4n) is 2.65. The molecule has 1 unspecified atom stereocenters. The molecule has 0 aliphatic heterocycles. The van der Waals surface area contributed by atoms with Crippen LogP contribution in [0.3, 0.4) is 0 Å². The molecule has 0 saturated carbocycles. The molecule has 1 atom stereocenters. The minimum Gasteiger partial charge on any atom is -0.492 e. The number of rotatable bonds is 6. The van der Waals surface area contributed by atoms with Crippen molar-refractivity contribution in [1.29, 1.82) is 0 Å². The van der Waals surface area contributed by atoms with E-state index in [9.17, 15) is 10.2 Å². The number of hydrogen-bond acceptors (Lipinski definition) is 6. The first kappa shape index (κ1) is 15.9. The van der Waals surface area contributed by atoms with Gasteiger partial charge in [-0.1, -0.05) is 48.6 Å². The molecule has 23 heavy (non-hydrogen) atoms. The fourth-order valence-corrected chi connectivity index (χ4v) is 3.81. The highest BCUT2D eigenvalue weighted by Gasteiger charge is 2.27. The Hall–Kier alpha value is -1.96. The van der Waals surface area contributed by atoms with E-state index in [1.54, 1.807) is 0 Å². The number of likely N-dealkylation sites (N-methyl/N-ethyl adjacent to an activating group) is 1. The second-order valence-corrected chi connectivity index (χ2v) is 6.39. The standard InChI is InChI=1S/C16H20N4O2S/c1-3-12-17-16-20(18-12)15(22)14(23-16)13(19(2)9-10-21)11-7-5-4-6-8-11/h4-8,13,21-22H,3,9-10H2,1-2H3. The Labute approximate surface area is 138 Å². The van der Waals surface area contributed by atoms with E-state index < -0.39 is 0 Å². The van der Waals surface area contributed by atoms with Crippen molar-refractivity contribution in [2.24, 2.45) is 0 Å². The van der Waals surface area contributed by atoms with Gasteiger partial charge in [0.25, 0.3) is 0 Å². The summed E-state index contributed by atoms with van der Waals surface area (Å²) in [4.78, 5) is 7.92. The quantitative estimate of drug-likeness (QED) is 0.723. The molecule has 3 rings (SSSR count). The normalized spacial score (nSPS) is 13.0. The molecule has 0 spiro atoms. The van der Waals surface area contributed by atoms with E-state index in [1.165, 1.54) is 15.9 Å². The number of aromatic nitrogens is 3. The molecule has 1 aromatic carbocycles. The average molecular weight is 332 g/mol. The van der Waals surface area contributed by atoms with Crippen LogP contribution in [0.5, 0.6) is 5.88 Å². The summed E-state index contributed by atoms with van der Waals surface area (Å²) >= 11 is 1.43. The van der Waals surface area contributed by atoms with Crippen molar-refractivity contribution in [1.82, 2.24) is 19.5 Å². The number of aliphatic hydroxyl groups excluding tert-OH is 1. The Morgan fingerprint density at radius 1 is 1.30 bits per heavy atom. The van der Waals surface area contributed by atoms with Gasteiger partial charge >= 0.3 is 0 Å². The molecular weight excluding hydrogens is 312 g/mol. The largest absolute Gasteiger partial charge is 0.492 e. The Morgan fingerprint density at radius 2 is 2.04 bits per heavy atom. The first-order valence-electron chi connectivity index (χ1n) is 7.59. The molecule has 6 nitrogen and oxygen atoms in total. The summed E-state index contributed by atoms with van der Waals surface area (Å²) in [5.74, 6) is 0.842. The topological polar surface area (TPSA) is 73.9 Å². The minimum absolute atomic E-state index is 0.0569. The van der Waals surface area contributed by atoms with Gasteiger partial charge in [-0.05, 0) is 12.6 Å². The van der Waals surface area contributed by atoms with Crippen LogP contribution in [0.4, 0.5) is 0 Å². The third-order valence-electron chi connectivity index (χ3n) is 3.82. The number of aliphatic hydroxyl groups is 1. The molecule has 7 heteroatoms. The molecule has 2 heterocycles. The van der Waals surface area contributed by atoms with Crippen LogP contribution in [0.15, 0.2) is 30.3 Å². The average Bonchev–Trinajstić information content (AvgIpc) is 3.09. The molecule has 0 bridgehead atoms. The first-order valence-corrected chi connectivity index (χ1v) is 8.40. The molecule has 0 aliphatic carbocycles. The van der Waals surface area contributed by atoms with E-state index in [4.69, 9.17) is 0 Å². The van der Waals surface area contributed by atoms with Gasteiger partial charge in [-0.2, -0.15) is 4.52 Å². The maximum absolute atomic E-state index is 10.6. The lowest BCUT2D eigenvalue weighted by atomic mass is 10.0. The van der Waals surface area contributed by atoms with Crippen LogP contribution < -0.4 is 0 Å². The highest BCUT2D eigenvalue weighted by atomic mass is 32.1. The molecule has 0 radical (unpaired) electrons. The lowest BCUT2D eigenvalue weighted by Crippen LogP contribution is -2.28. The predicted molar refractivity (Wildman–Crippen MR) is 89.9 cm³/mol. The van der Waals surface area contributed by atoms with Gasteiger partial charge in [0.05, 0.1) is 17.5 Å². The van der Waals surface area contributed by atoms with E-state index >= 15 is 0 Å². The van der Waals surface area contributed by atoms with E-state index in [0.717, 1.165) is 22.7 Å². The van der Waals surface area contributed by atoms with Crippen molar-refractivity contribution in [3.05, 3.63) is 46.6 Å². The second-order valence-electron chi connectivity index (χ2n) is 5.38. The lowest BCUT2D eigenvalue weighted by molar-refractivity contribution is 0.196. The van der Waals surface area contributed by atoms with E-state index in [2.05, 4.69) is 10.1 Å². The van der Waals surface area contributed by atoms with Crippen LogP contribution in [0.2, 0.25) is 0 Å². The Morgan fingerprint density at radius 3 is 2.65 bits per heavy atom. The monoisotopic (exact) mass is 332 g/mol.